The van der Waals surface area contributed by atoms with Crippen LogP contribution in [0.4, 0.5) is 5.82 Å². The zero-order valence-corrected chi connectivity index (χ0v) is 10.7. The maximum absolute atomic E-state index is 5.55. The summed E-state index contributed by atoms with van der Waals surface area (Å²) in [5.74, 6) is 2.38. The van der Waals surface area contributed by atoms with Crippen LogP contribution in [0, 0.1) is 6.92 Å². The molecule has 0 saturated carbocycles. The van der Waals surface area contributed by atoms with Gasteiger partial charge in [0.2, 0.25) is 0 Å². The molecular formula is C14H15N3O2. The Kier molecular flexibility index (Phi) is 3.18. The lowest BCUT2D eigenvalue weighted by atomic mass is 10.2. The van der Waals surface area contributed by atoms with E-state index in [1.165, 1.54) is 0 Å². The van der Waals surface area contributed by atoms with Gasteiger partial charge in [0.05, 0.1) is 18.1 Å². The van der Waals surface area contributed by atoms with Crippen LogP contribution in [0.5, 0.6) is 11.5 Å². The minimum atomic E-state index is 0.604. The van der Waals surface area contributed by atoms with E-state index in [0.29, 0.717) is 19.8 Å². The van der Waals surface area contributed by atoms with Gasteiger partial charge in [-0.15, -0.1) is 0 Å². The van der Waals surface area contributed by atoms with Crippen molar-refractivity contribution in [2.24, 2.45) is 0 Å². The van der Waals surface area contributed by atoms with Crippen molar-refractivity contribution in [2.75, 3.05) is 18.5 Å². The first-order chi connectivity index (χ1) is 9.31. The highest BCUT2D eigenvalue weighted by Gasteiger charge is 2.11. The van der Waals surface area contributed by atoms with E-state index in [9.17, 15) is 0 Å². The van der Waals surface area contributed by atoms with Crippen LogP contribution in [0.3, 0.4) is 0 Å². The van der Waals surface area contributed by atoms with Crippen molar-refractivity contribution < 1.29 is 9.47 Å². The molecule has 1 aromatic heterocycles. The van der Waals surface area contributed by atoms with Gasteiger partial charge in [0.15, 0.2) is 11.5 Å². The number of nitrogens with one attached hydrogen (secondary N) is 1. The highest BCUT2D eigenvalue weighted by atomic mass is 16.6. The Labute approximate surface area is 111 Å². The van der Waals surface area contributed by atoms with E-state index >= 15 is 0 Å². The van der Waals surface area contributed by atoms with Gasteiger partial charge in [0, 0.05) is 6.54 Å². The number of ether oxygens (including phenoxy) is 2. The average Bonchev–Trinajstić information content (AvgIpc) is 2.46. The Morgan fingerprint density at radius 2 is 1.95 bits per heavy atom. The number of hydrogen-bond donors (Lipinski definition) is 1. The first kappa shape index (κ1) is 11.8. The molecule has 0 atom stereocenters. The lowest BCUT2D eigenvalue weighted by Gasteiger charge is -2.19. The average molecular weight is 257 g/mol. The molecule has 1 aliphatic rings. The Bertz CT molecular complexity index is 569. The van der Waals surface area contributed by atoms with Gasteiger partial charge < -0.3 is 14.8 Å². The Morgan fingerprint density at radius 3 is 2.74 bits per heavy atom. The maximum atomic E-state index is 5.55. The molecule has 5 nitrogen and oxygen atoms in total. The molecule has 98 valence electrons. The summed E-state index contributed by atoms with van der Waals surface area (Å²) < 4.78 is 11.0. The molecule has 3 rings (SSSR count). The van der Waals surface area contributed by atoms with Gasteiger partial charge in [0.25, 0.3) is 0 Å². The van der Waals surface area contributed by atoms with E-state index in [1.54, 1.807) is 12.4 Å². The van der Waals surface area contributed by atoms with E-state index in [2.05, 4.69) is 15.3 Å². The molecule has 0 aliphatic carbocycles. The number of hydrogen-bond acceptors (Lipinski definition) is 5. The normalized spacial score (nSPS) is 13.1. The standard InChI is InChI=1S/C14H15N3O2/c1-10-7-16-14(9-15-10)17-8-11-2-3-12-13(6-11)19-5-4-18-12/h2-3,6-7,9H,4-5,8H2,1H3,(H,16,17). The van der Waals surface area contributed by atoms with Crippen molar-refractivity contribution >= 4 is 5.82 Å². The highest BCUT2D eigenvalue weighted by Crippen LogP contribution is 2.30. The SMILES string of the molecule is Cc1cnc(NCc2ccc3c(c2)OCCO3)cn1. The molecule has 0 amide bonds. The molecule has 2 aromatic rings. The summed E-state index contributed by atoms with van der Waals surface area (Å²) in [5.41, 5.74) is 2.02. The van der Waals surface area contributed by atoms with E-state index in [1.807, 2.05) is 25.1 Å². The third-order valence-electron chi connectivity index (χ3n) is 2.86. The van der Waals surface area contributed by atoms with Crippen LogP contribution in [0.2, 0.25) is 0 Å². The number of aromatic nitrogens is 2. The molecule has 5 heteroatoms. The molecule has 1 N–H and O–H groups in total. The predicted octanol–water partition coefficient (Wildman–Crippen LogP) is 2.17. The first-order valence-electron chi connectivity index (χ1n) is 6.22. The van der Waals surface area contributed by atoms with E-state index < -0.39 is 0 Å². The fourth-order valence-electron chi connectivity index (χ4n) is 1.87. The lowest BCUT2D eigenvalue weighted by Crippen LogP contribution is -2.15. The van der Waals surface area contributed by atoms with Gasteiger partial charge in [-0.25, -0.2) is 4.98 Å². The van der Waals surface area contributed by atoms with Crippen LogP contribution in [0.25, 0.3) is 0 Å². The summed E-state index contributed by atoms with van der Waals surface area (Å²) in [7, 11) is 0. The minimum Gasteiger partial charge on any atom is -0.486 e. The van der Waals surface area contributed by atoms with Gasteiger partial charge in [-0.2, -0.15) is 0 Å². The molecule has 2 heterocycles. The largest absolute Gasteiger partial charge is 0.486 e. The smallest absolute Gasteiger partial charge is 0.161 e. The third-order valence-corrected chi connectivity index (χ3v) is 2.86. The number of benzene rings is 1. The van der Waals surface area contributed by atoms with Crippen molar-refractivity contribution in [3.63, 3.8) is 0 Å². The topological polar surface area (TPSA) is 56.3 Å². The first-order valence-corrected chi connectivity index (χ1v) is 6.22. The van der Waals surface area contributed by atoms with Crippen molar-refractivity contribution in [1.29, 1.82) is 0 Å². The van der Waals surface area contributed by atoms with Crippen LogP contribution in [0.1, 0.15) is 11.3 Å². The Balaban J connectivity index is 1.68. The molecule has 1 aliphatic heterocycles. The molecule has 0 unspecified atom stereocenters. The van der Waals surface area contributed by atoms with E-state index in [4.69, 9.17) is 9.47 Å². The molecule has 0 fully saturated rings. The Morgan fingerprint density at radius 1 is 1.11 bits per heavy atom. The monoisotopic (exact) mass is 257 g/mol. The second kappa shape index (κ2) is 5.14. The van der Waals surface area contributed by atoms with Crippen LogP contribution >= 0.6 is 0 Å². The second-order valence-electron chi connectivity index (χ2n) is 4.37. The summed E-state index contributed by atoms with van der Waals surface area (Å²) in [4.78, 5) is 8.44. The minimum absolute atomic E-state index is 0.604. The van der Waals surface area contributed by atoms with Crippen LogP contribution < -0.4 is 14.8 Å². The molecule has 0 radical (unpaired) electrons. The van der Waals surface area contributed by atoms with Gasteiger partial charge >= 0.3 is 0 Å². The lowest BCUT2D eigenvalue weighted by molar-refractivity contribution is 0.171. The summed E-state index contributed by atoms with van der Waals surface area (Å²) in [6, 6.07) is 5.94. The summed E-state index contributed by atoms with van der Waals surface area (Å²) in [6.45, 7) is 3.81. The highest BCUT2D eigenvalue weighted by molar-refractivity contribution is 5.45. The number of anilines is 1. The van der Waals surface area contributed by atoms with E-state index in [0.717, 1.165) is 28.6 Å². The zero-order chi connectivity index (χ0) is 13.1. The van der Waals surface area contributed by atoms with Gasteiger partial charge in [-0.1, -0.05) is 6.07 Å². The number of fused-ring (bicyclic) bond motifs is 1. The summed E-state index contributed by atoms with van der Waals surface area (Å²) >= 11 is 0. The molecule has 1 aromatic carbocycles. The van der Waals surface area contributed by atoms with Crippen molar-refractivity contribution in [3.05, 3.63) is 41.9 Å². The van der Waals surface area contributed by atoms with Gasteiger partial charge in [-0.3, -0.25) is 4.98 Å². The fraction of sp³-hybridized carbons (Fsp3) is 0.286. The maximum Gasteiger partial charge on any atom is 0.161 e. The Hall–Kier alpha value is -2.30. The second-order valence-corrected chi connectivity index (χ2v) is 4.37. The predicted molar refractivity (Wildman–Crippen MR) is 71.5 cm³/mol. The van der Waals surface area contributed by atoms with Crippen molar-refractivity contribution in [1.82, 2.24) is 9.97 Å². The van der Waals surface area contributed by atoms with Crippen LogP contribution in [-0.4, -0.2) is 23.2 Å². The van der Waals surface area contributed by atoms with Crippen LogP contribution in [-0.2, 0) is 6.54 Å². The van der Waals surface area contributed by atoms with E-state index in [-0.39, 0.29) is 0 Å². The molecule has 0 saturated heterocycles. The molecule has 0 bridgehead atoms. The summed E-state index contributed by atoms with van der Waals surface area (Å²) in [5, 5.41) is 3.22. The molecular weight excluding hydrogens is 242 g/mol. The molecule has 0 spiro atoms. The number of nitrogens with zero attached hydrogens (tertiary/aromatic N) is 2. The molecule has 19 heavy (non-hydrogen) atoms. The third kappa shape index (κ3) is 2.76. The van der Waals surface area contributed by atoms with Crippen molar-refractivity contribution in [2.45, 2.75) is 13.5 Å². The zero-order valence-electron chi connectivity index (χ0n) is 10.7. The van der Waals surface area contributed by atoms with Crippen LogP contribution in [0.15, 0.2) is 30.6 Å². The van der Waals surface area contributed by atoms with Gasteiger partial charge in [0.1, 0.15) is 19.0 Å². The quantitative estimate of drug-likeness (QED) is 0.913. The number of aryl methyl sites for hydroxylation is 1. The van der Waals surface area contributed by atoms with Gasteiger partial charge in [-0.05, 0) is 24.6 Å². The fourth-order valence-corrected chi connectivity index (χ4v) is 1.87. The number of rotatable bonds is 3. The van der Waals surface area contributed by atoms with Crippen molar-refractivity contribution in [3.8, 4) is 11.5 Å². The summed E-state index contributed by atoms with van der Waals surface area (Å²) in [6.07, 6.45) is 3.47.